The predicted molar refractivity (Wildman–Crippen MR) is 64.8 cm³/mol. The second kappa shape index (κ2) is 6.67. The van der Waals surface area contributed by atoms with Crippen LogP contribution in [0.3, 0.4) is 0 Å². The van der Waals surface area contributed by atoms with Gasteiger partial charge in [0.25, 0.3) is 0 Å². The molecule has 1 aromatic carbocycles. The zero-order valence-electron chi connectivity index (χ0n) is 10.2. The molecule has 1 rings (SSSR count). The number of hydrogen-bond acceptors (Lipinski definition) is 2. The van der Waals surface area contributed by atoms with Crippen molar-refractivity contribution in [1.82, 2.24) is 5.32 Å². The third kappa shape index (κ3) is 5.33. The van der Waals surface area contributed by atoms with Gasteiger partial charge in [0.2, 0.25) is 0 Å². The van der Waals surface area contributed by atoms with Crippen LogP contribution in [0.1, 0.15) is 19.8 Å². The number of carboxylic acids is 1. The fourth-order valence-electron chi connectivity index (χ4n) is 1.39. The van der Waals surface area contributed by atoms with Crippen LogP contribution in [0.25, 0.3) is 0 Å². The Morgan fingerprint density at radius 3 is 2.68 bits per heavy atom. The highest BCUT2D eigenvalue weighted by Gasteiger charge is 2.11. The first-order valence-corrected chi connectivity index (χ1v) is 5.63. The third-order valence-corrected chi connectivity index (χ3v) is 2.35. The van der Waals surface area contributed by atoms with Gasteiger partial charge in [-0.3, -0.25) is 4.79 Å². The molecule has 1 aromatic rings. The summed E-state index contributed by atoms with van der Waals surface area (Å²) >= 11 is 0. The van der Waals surface area contributed by atoms with Crippen molar-refractivity contribution in [3.63, 3.8) is 0 Å². The molecule has 0 spiro atoms. The average molecular weight is 272 g/mol. The largest absolute Gasteiger partial charge is 0.481 e. The summed E-state index contributed by atoms with van der Waals surface area (Å²) in [4.78, 5) is 21.8. The lowest BCUT2D eigenvalue weighted by Gasteiger charge is -2.14. The van der Waals surface area contributed by atoms with Gasteiger partial charge in [0.05, 0.1) is 5.69 Å². The summed E-state index contributed by atoms with van der Waals surface area (Å²) < 4.78 is 26.1. The quantitative estimate of drug-likeness (QED) is 0.769. The Kier molecular flexibility index (Phi) is 5.23. The van der Waals surface area contributed by atoms with Gasteiger partial charge in [-0.1, -0.05) is 0 Å². The summed E-state index contributed by atoms with van der Waals surface area (Å²) in [6, 6.07) is 1.58. The number of aliphatic carboxylic acids is 1. The van der Waals surface area contributed by atoms with Gasteiger partial charge in [0.1, 0.15) is 11.6 Å². The fraction of sp³-hybridized carbons (Fsp3) is 0.333. The van der Waals surface area contributed by atoms with Gasteiger partial charge in [-0.2, -0.15) is 0 Å². The second-order valence-electron chi connectivity index (χ2n) is 4.06. The van der Waals surface area contributed by atoms with Crippen LogP contribution in [0, 0.1) is 11.6 Å². The van der Waals surface area contributed by atoms with Crippen LogP contribution in [0.4, 0.5) is 19.3 Å². The maximum atomic E-state index is 13.2. The van der Waals surface area contributed by atoms with Crippen molar-refractivity contribution in [2.45, 2.75) is 25.8 Å². The van der Waals surface area contributed by atoms with E-state index in [0.717, 1.165) is 18.2 Å². The van der Waals surface area contributed by atoms with Gasteiger partial charge < -0.3 is 15.7 Å². The SMILES string of the molecule is CC(CCC(=O)O)NC(=O)Nc1cc(F)ccc1F. The maximum Gasteiger partial charge on any atom is 0.319 e. The molecular weight excluding hydrogens is 258 g/mol. The third-order valence-electron chi connectivity index (χ3n) is 2.35. The molecule has 0 aromatic heterocycles. The summed E-state index contributed by atoms with van der Waals surface area (Å²) in [5.74, 6) is -2.39. The Morgan fingerprint density at radius 1 is 1.37 bits per heavy atom. The Morgan fingerprint density at radius 2 is 2.05 bits per heavy atom. The summed E-state index contributed by atoms with van der Waals surface area (Å²) in [5, 5.41) is 13.1. The van der Waals surface area contributed by atoms with Crippen LogP contribution in [0.15, 0.2) is 18.2 Å². The first kappa shape index (κ1) is 14.9. The van der Waals surface area contributed by atoms with Crippen molar-refractivity contribution in [1.29, 1.82) is 0 Å². The number of halogens is 2. The highest BCUT2D eigenvalue weighted by atomic mass is 19.1. The number of benzene rings is 1. The van der Waals surface area contributed by atoms with E-state index < -0.39 is 29.7 Å². The van der Waals surface area contributed by atoms with Gasteiger partial charge in [-0.05, 0) is 25.5 Å². The molecule has 0 aliphatic carbocycles. The molecule has 1 unspecified atom stereocenters. The number of carbonyl (C=O) groups is 2. The van der Waals surface area contributed by atoms with Crippen LogP contribution < -0.4 is 10.6 Å². The highest BCUT2D eigenvalue weighted by molar-refractivity contribution is 5.89. The molecular formula is C12H14F2N2O3. The minimum atomic E-state index is -0.967. The fourth-order valence-corrected chi connectivity index (χ4v) is 1.39. The minimum Gasteiger partial charge on any atom is -0.481 e. The van der Waals surface area contributed by atoms with E-state index in [4.69, 9.17) is 5.11 Å². The average Bonchev–Trinajstić information content (AvgIpc) is 2.31. The number of anilines is 1. The lowest BCUT2D eigenvalue weighted by atomic mass is 10.2. The van der Waals surface area contributed by atoms with E-state index in [-0.39, 0.29) is 18.5 Å². The predicted octanol–water partition coefficient (Wildman–Crippen LogP) is 2.34. The number of amides is 2. The molecule has 3 N–H and O–H groups in total. The number of carbonyl (C=O) groups excluding carboxylic acids is 1. The molecule has 0 aliphatic heterocycles. The van der Waals surface area contributed by atoms with E-state index in [2.05, 4.69) is 10.6 Å². The Bertz CT molecular complexity index is 480. The molecule has 1 atom stereocenters. The molecule has 0 saturated heterocycles. The van der Waals surface area contributed by atoms with Gasteiger partial charge >= 0.3 is 12.0 Å². The van der Waals surface area contributed by atoms with E-state index in [1.54, 1.807) is 6.92 Å². The van der Waals surface area contributed by atoms with Crippen LogP contribution >= 0.6 is 0 Å². The van der Waals surface area contributed by atoms with E-state index in [1.165, 1.54) is 0 Å². The number of rotatable bonds is 5. The van der Waals surface area contributed by atoms with E-state index in [0.29, 0.717) is 0 Å². The Labute approximate surface area is 108 Å². The lowest BCUT2D eigenvalue weighted by molar-refractivity contribution is -0.137. The summed E-state index contributed by atoms with van der Waals surface area (Å²) in [6.07, 6.45) is 0.157. The first-order valence-electron chi connectivity index (χ1n) is 5.63. The van der Waals surface area contributed by atoms with Crippen molar-refractivity contribution in [3.8, 4) is 0 Å². The minimum absolute atomic E-state index is 0.0875. The zero-order valence-corrected chi connectivity index (χ0v) is 10.2. The molecule has 19 heavy (non-hydrogen) atoms. The Balaban J connectivity index is 2.50. The van der Waals surface area contributed by atoms with Crippen molar-refractivity contribution < 1.29 is 23.5 Å². The highest BCUT2D eigenvalue weighted by Crippen LogP contribution is 2.15. The molecule has 7 heteroatoms. The Hall–Kier alpha value is -2.18. The standard InChI is InChI=1S/C12H14F2N2O3/c1-7(2-5-11(17)18)15-12(19)16-10-6-8(13)3-4-9(10)14/h3-4,6-7H,2,5H2,1H3,(H,17,18)(H2,15,16,19). The molecule has 104 valence electrons. The number of nitrogens with one attached hydrogen (secondary N) is 2. The molecule has 5 nitrogen and oxygen atoms in total. The number of carboxylic acid groups (broad SMARTS) is 1. The second-order valence-corrected chi connectivity index (χ2v) is 4.06. The van der Waals surface area contributed by atoms with E-state index in [9.17, 15) is 18.4 Å². The van der Waals surface area contributed by atoms with Gasteiger partial charge in [0.15, 0.2) is 0 Å². The maximum absolute atomic E-state index is 13.2. The molecule has 0 aliphatic rings. The van der Waals surface area contributed by atoms with Gasteiger partial charge in [-0.25, -0.2) is 13.6 Å². The molecule has 2 amide bonds. The van der Waals surface area contributed by atoms with Crippen LogP contribution in [0.5, 0.6) is 0 Å². The first-order chi connectivity index (χ1) is 8.88. The summed E-state index contributed by atoms with van der Waals surface area (Å²) in [5.41, 5.74) is -0.275. The van der Waals surface area contributed by atoms with Gasteiger partial charge in [0, 0.05) is 18.5 Å². The van der Waals surface area contributed by atoms with Crippen LogP contribution in [-0.2, 0) is 4.79 Å². The monoisotopic (exact) mass is 272 g/mol. The smallest absolute Gasteiger partial charge is 0.319 e. The van der Waals surface area contributed by atoms with E-state index >= 15 is 0 Å². The molecule has 0 saturated carbocycles. The molecule has 0 radical (unpaired) electrons. The number of hydrogen-bond donors (Lipinski definition) is 3. The van der Waals surface area contributed by atoms with Gasteiger partial charge in [-0.15, -0.1) is 0 Å². The molecule has 0 heterocycles. The summed E-state index contributed by atoms with van der Waals surface area (Å²) in [7, 11) is 0. The number of urea groups is 1. The molecule has 0 fully saturated rings. The van der Waals surface area contributed by atoms with Crippen molar-refractivity contribution in [2.75, 3.05) is 5.32 Å². The topological polar surface area (TPSA) is 78.4 Å². The lowest BCUT2D eigenvalue weighted by Crippen LogP contribution is -2.36. The normalized spacial score (nSPS) is 11.7. The van der Waals surface area contributed by atoms with Crippen molar-refractivity contribution in [2.24, 2.45) is 0 Å². The van der Waals surface area contributed by atoms with E-state index in [1.807, 2.05) is 0 Å². The molecule has 0 bridgehead atoms. The van der Waals surface area contributed by atoms with Crippen LogP contribution in [0.2, 0.25) is 0 Å². The van der Waals surface area contributed by atoms with Crippen molar-refractivity contribution >= 4 is 17.7 Å². The van der Waals surface area contributed by atoms with Crippen LogP contribution in [-0.4, -0.2) is 23.1 Å². The van der Waals surface area contributed by atoms with Crippen molar-refractivity contribution in [3.05, 3.63) is 29.8 Å². The zero-order chi connectivity index (χ0) is 14.4. The summed E-state index contributed by atoms with van der Waals surface area (Å²) in [6.45, 7) is 1.62.